The predicted octanol–water partition coefficient (Wildman–Crippen LogP) is 2.76. The van der Waals surface area contributed by atoms with Gasteiger partial charge in [0.2, 0.25) is 5.91 Å². The maximum Gasteiger partial charge on any atom is 0.253 e. The first kappa shape index (κ1) is 14.3. The van der Waals surface area contributed by atoms with Crippen molar-refractivity contribution in [3.8, 4) is 0 Å². The number of rotatable bonds is 5. The lowest BCUT2D eigenvalue weighted by Crippen LogP contribution is -2.27. The van der Waals surface area contributed by atoms with Gasteiger partial charge < -0.3 is 10.6 Å². The first-order chi connectivity index (χ1) is 10.7. The maximum atomic E-state index is 12.2. The fourth-order valence-corrected chi connectivity index (χ4v) is 2.26. The van der Waals surface area contributed by atoms with Gasteiger partial charge in [0.15, 0.2) is 0 Å². The molecule has 1 fully saturated rings. The molecule has 2 amide bonds. The van der Waals surface area contributed by atoms with Crippen molar-refractivity contribution in [2.24, 2.45) is 0 Å². The average molecular weight is 294 g/mol. The first-order valence-electron chi connectivity index (χ1n) is 7.46. The van der Waals surface area contributed by atoms with Crippen molar-refractivity contribution in [3.63, 3.8) is 0 Å². The highest BCUT2D eigenvalue weighted by Gasteiger charge is 2.24. The minimum absolute atomic E-state index is 0.127. The van der Waals surface area contributed by atoms with E-state index in [9.17, 15) is 9.59 Å². The molecule has 112 valence electrons. The van der Waals surface area contributed by atoms with Gasteiger partial charge in [-0.3, -0.25) is 9.59 Å². The van der Waals surface area contributed by atoms with Crippen molar-refractivity contribution < 1.29 is 9.59 Å². The summed E-state index contributed by atoms with van der Waals surface area (Å²) in [5.41, 5.74) is 2.01. The van der Waals surface area contributed by atoms with E-state index in [0.717, 1.165) is 18.4 Å². The fraction of sp³-hybridized carbons (Fsp3) is 0.222. The van der Waals surface area contributed by atoms with E-state index in [0.29, 0.717) is 23.7 Å². The first-order valence-corrected chi connectivity index (χ1v) is 7.46. The molecule has 0 aliphatic heterocycles. The molecular formula is C18H18N2O2. The Morgan fingerprint density at radius 2 is 1.64 bits per heavy atom. The third-order valence-corrected chi connectivity index (χ3v) is 3.57. The molecule has 0 bridgehead atoms. The number of hydrogen-bond donors (Lipinski definition) is 2. The highest BCUT2D eigenvalue weighted by molar-refractivity contribution is 6.04. The number of anilines is 1. The van der Waals surface area contributed by atoms with E-state index in [1.807, 2.05) is 36.4 Å². The molecule has 0 heterocycles. The summed E-state index contributed by atoms with van der Waals surface area (Å²) >= 11 is 0. The number of benzene rings is 2. The Morgan fingerprint density at radius 1 is 0.955 bits per heavy atom. The summed E-state index contributed by atoms with van der Waals surface area (Å²) in [4.78, 5) is 24.3. The van der Waals surface area contributed by atoms with Gasteiger partial charge in [-0.25, -0.2) is 0 Å². The Bertz CT molecular complexity index is 678. The summed E-state index contributed by atoms with van der Waals surface area (Å²) < 4.78 is 0. The zero-order chi connectivity index (χ0) is 15.4. The van der Waals surface area contributed by atoms with Crippen LogP contribution in [0.3, 0.4) is 0 Å². The number of para-hydroxylation sites is 1. The molecule has 0 radical (unpaired) electrons. The van der Waals surface area contributed by atoms with Gasteiger partial charge in [-0.05, 0) is 30.5 Å². The van der Waals surface area contributed by atoms with Gasteiger partial charge in [0.1, 0.15) is 0 Å². The van der Waals surface area contributed by atoms with Crippen LogP contribution in [-0.2, 0) is 11.2 Å². The van der Waals surface area contributed by atoms with Crippen LogP contribution in [0.15, 0.2) is 54.6 Å². The molecule has 1 aliphatic carbocycles. The van der Waals surface area contributed by atoms with E-state index in [1.54, 1.807) is 18.2 Å². The molecule has 4 heteroatoms. The van der Waals surface area contributed by atoms with Crippen molar-refractivity contribution in [1.29, 1.82) is 0 Å². The van der Waals surface area contributed by atoms with Gasteiger partial charge >= 0.3 is 0 Å². The smallest absolute Gasteiger partial charge is 0.253 e. The molecule has 1 saturated carbocycles. The van der Waals surface area contributed by atoms with Gasteiger partial charge in [-0.1, -0.05) is 42.5 Å². The Balaban J connectivity index is 1.68. The predicted molar refractivity (Wildman–Crippen MR) is 85.7 cm³/mol. The molecule has 1 aliphatic rings. The Kier molecular flexibility index (Phi) is 4.19. The molecule has 4 nitrogen and oxygen atoms in total. The molecular weight excluding hydrogens is 276 g/mol. The van der Waals surface area contributed by atoms with Gasteiger partial charge in [0, 0.05) is 6.04 Å². The van der Waals surface area contributed by atoms with E-state index in [2.05, 4.69) is 10.6 Å². The Morgan fingerprint density at radius 3 is 2.36 bits per heavy atom. The second-order valence-electron chi connectivity index (χ2n) is 5.50. The molecule has 2 N–H and O–H groups in total. The lowest BCUT2D eigenvalue weighted by atomic mass is 10.1. The Labute approximate surface area is 129 Å². The number of amides is 2. The van der Waals surface area contributed by atoms with E-state index in [4.69, 9.17) is 0 Å². The van der Waals surface area contributed by atoms with Crippen LogP contribution in [-0.4, -0.2) is 17.9 Å². The van der Waals surface area contributed by atoms with Crippen molar-refractivity contribution >= 4 is 17.5 Å². The average Bonchev–Trinajstić information content (AvgIpc) is 3.32. The highest BCUT2D eigenvalue weighted by atomic mass is 16.2. The summed E-state index contributed by atoms with van der Waals surface area (Å²) in [6, 6.07) is 16.9. The van der Waals surface area contributed by atoms with E-state index >= 15 is 0 Å². The van der Waals surface area contributed by atoms with Crippen molar-refractivity contribution in [3.05, 3.63) is 65.7 Å². The van der Waals surface area contributed by atoms with Crippen LogP contribution in [0.25, 0.3) is 0 Å². The lowest BCUT2D eigenvalue weighted by Gasteiger charge is -2.11. The molecule has 0 saturated heterocycles. The topological polar surface area (TPSA) is 58.2 Å². The summed E-state index contributed by atoms with van der Waals surface area (Å²) in [5.74, 6) is -0.254. The molecule has 2 aromatic carbocycles. The minimum Gasteiger partial charge on any atom is -0.349 e. The van der Waals surface area contributed by atoms with Crippen molar-refractivity contribution in [1.82, 2.24) is 5.32 Å². The van der Waals surface area contributed by atoms with E-state index in [-0.39, 0.29) is 11.8 Å². The molecule has 3 rings (SSSR count). The Hall–Kier alpha value is -2.62. The fourth-order valence-electron chi connectivity index (χ4n) is 2.26. The highest BCUT2D eigenvalue weighted by Crippen LogP contribution is 2.21. The second-order valence-corrected chi connectivity index (χ2v) is 5.50. The van der Waals surface area contributed by atoms with E-state index < -0.39 is 0 Å². The van der Waals surface area contributed by atoms with Gasteiger partial charge in [-0.15, -0.1) is 0 Å². The van der Waals surface area contributed by atoms with Crippen molar-refractivity contribution in [2.75, 3.05) is 5.32 Å². The number of hydrogen-bond acceptors (Lipinski definition) is 2. The molecule has 0 aromatic heterocycles. The molecule has 0 unspecified atom stereocenters. The third-order valence-electron chi connectivity index (χ3n) is 3.57. The monoisotopic (exact) mass is 294 g/mol. The van der Waals surface area contributed by atoms with Gasteiger partial charge in [0.05, 0.1) is 17.7 Å². The quantitative estimate of drug-likeness (QED) is 0.891. The minimum atomic E-state index is -0.127. The maximum absolute atomic E-state index is 12.2. The molecule has 0 atom stereocenters. The summed E-state index contributed by atoms with van der Waals surface area (Å²) in [5, 5.41) is 5.78. The van der Waals surface area contributed by atoms with Crippen molar-refractivity contribution in [2.45, 2.75) is 25.3 Å². The number of carbonyl (C=O) groups is 2. The standard InChI is InChI=1S/C18H18N2O2/c21-17(12-13-6-2-1-3-7-13)20-16-9-5-4-8-15(16)18(22)19-14-10-11-14/h1-9,14H,10-12H2,(H,19,22)(H,20,21). The number of carbonyl (C=O) groups excluding carboxylic acids is 2. The zero-order valence-electron chi connectivity index (χ0n) is 12.2. The van der Waals surface area contributed by atoms with Crippen LogP contribution >= 0.6 is 0 Å². The van der Waals surface area contributed by atoms with Crippen LogP contribution in [0.2, 0.25) is 0 Å². The summed E-state index contributed by atoms with van der Waals surface area (Å²) in [6.45, 7) is 0. The molecule has 0 spiro atoms. The van der Waals surface area contributed by atoms with Crippen LogP contribution in [0.1, 0.15) is 28.8 Å². The van der Waals surface area contributed by atoms with Gasteiger partial charge in [0.25, 0.3) is 5.91 Å². The van der Waals surface area contributed by atoms with E-state index in [1.165, 1.54) is 0 Å². The zero-order valence-corrected chi connectivity index (χ0v) is 12.2. The summed E-state index contributed by atoms with van der Waals surface area (Å²) in [7, 11) is 0. The second kappa shape index (κ2) is 6.43. The largest absolute Gasteiger partial charge is 0.349 e. The normalized spacial score (nSPS) is 13.5. The molecule has 2 aromatic rings. The number of nitrogens with one attached hydrogen (secondary N) is 2. The lowest BCUT2D eigenvalue weighted by molar-refractivity contribution is -0.115. The third kappa shape index (κ3) is 3.73. The van der Waals surface area contributed by atoms with Crippen LogP contribution in [0.5, 0.6) is 0 Å². The van der Waals surface area contributed by atoms with Crippen LogP contribution in [0, 0.1) is 0 Å². The van der Waals surface area contributed by atoms with Crippen LogP contribution in [0.4, 0.5) is 5.69 Å². The SMILES string of the molecule is O=C(Cc1ccccc1)Nc1ccccc1C(=O)NC1CC1. The molecule has 22 heavy (non-hydrogen) atoms. The summed E-state index contributed by atoms with van der Waals surface area (Å²) in [6.07, 6.45) is 2.36. The van der Waals surface area contributed by atoms with Crippen LogP contribution < -0.4 is 10.6 Å². The van der Waals surface area contributed by atoms with Gasteiger partial charge in [-0.2, -0.15) is 0 Å².